The molecule has 0 aromatic rings. The molecule has 0 aromatic carbocycles. The molecular weight excluding hydrogens is 174 g/mol. The van der Waals surface area contributed by atoms with Gasteiger partial charge in [-0.05, 0) is 32.1 Å². The molecule has 1 N–H and O–H groups in total. The molecule has 2 saturated heterocycles. The third-order valence-electron chi connectivity index (χ3n) is 4.42. The van der Waals surface area contributed by atoms with E-state index in [1.54, 1.807) is 0 Å². The summed E-state index contributed by atoms with van der Waals surface area (Å²) in [4.78, 5) is 12.2. The topological polar surface area (TPSA) is 29.1 Å². The van der Waals surface area contributed by atoms with E-state index in [9.17, 15) is 4.79 Å². The standard InChI is InChI=1S/C12H19NO/c14-12(8-3-1-2-4-8)10-7-9-5-6-11(10)13-9/h8-11,13H,1-7H2. The highest BCUT2D eigenvalue weighted by molar-refractivity contribution is 5.84. The third kappa shape index (κ3) is 1.31. The largest absolute Gasteiger partial charge is 0.310 e. The Morgan fingerprint density at radius 2 is 1.86 bits per heavy atom. The van der Waals surface area contributed by atoms with E-state index in [0.717, 1.165) is 6.42 Å². The minimum Gasteiger partial charge on any atom is -0.310 e. The second kappa shape index (κ2) is 3.34. The number of hydrogen-bond donors (Lipinski definition) is 1. The fourth-order valence-electron chi connectivity index (χ4n) is 3.65. The van der Waals surface area contributed by atoms with Gasteiger partial charge < -0.3 is 5.32 Å². The summed E-state index contributed by atoms with van der Waals surface area (Å²) in [6, 6.07) is 1.23. The van der Waals surface area contributed by atoms with Gasteiger partial charge in [-0.3, -0.25) is 4.79 Å². The number of rotatable bonds is 2. The summed E-state index contributed by atoms with van der Waals surface area (Å²) in [6.45, 7) is 0. The zero-order chi connectivity index (χ0) is 9.54. The molecule has 1 saturated carbocycles. The molecule has 14 heavy (non-hydrogen) atoms. The van der Waals surface area contributed by atoms with E-state index >= 15 is 0 Å². The molecule has 0 amide bonds. The van der Waals surface area contributed by atoms with Crippen molar-refractivity contribution in [2.24, 2.45) is 11.8 Å². The van der Waals surface area contributed by atoms with Crippen molar-refractivity contribution >= 4 is 5.78 Å². The van der Waals surface area contributed by atoms with Gasteiger partial charge in [-0.1, -0.05) is 12.8 Å². The van der Waals surface area contributed by atoms with Crippen LogP contribution < -0.4 is 5.32 Å². The highest BCUT2D eigenvalue weighted by Crippen LogP contribution is 2.38. The van der Waals surface area contributed by atoms with Crippen molar-refractivity contribution in [1.82, 2.24) is 5.32 Å². The summed E-state index contributed by atoms with van der Waals surface area (Å²) in [5.74, 6) is 1.42. The minimum absolute atomic E-state index is 0.386. The first-order valence-electron chi connectivity index (χ1n) is 6.14. The smallest absolute Gasteiger partial charge is 0.140 e. The van der Waals surface area contributed by atoms with E-state index in [4.69, 9.17) is 0 Å². The van der Waals surface area contributed by atoms with Gasteiger partial charge in [-0.15, -0.1) is 0 Å². The lowest BCUT2D eigenvalue weighted by Crippen LogP contribution is -2.32. The molecule has 2 aliphatic heterocycles. The van der Waals surface area contributed by atoms with Crippen LogP contribution in [-0.4, -0.2) is 17.9 Å². The number of nitrogens with one attached hydrogen (secondary N) is 1. The van der Waals surface area contributed by atoms with E-state index in [-0.39, 0.29) is 0 Å². The van der Waals surface area contributed by atoms with Crippen molar-refractivity contribution in [3.63, 3.8) is 0 Å². The fraction of sp³-hybridized carbons (Fsp3) is 0.917. The van der Waals surface area contributed by atoms with Crippen molar-refractivity contribution in [1.29, 1.82) is 0 Å². The van der Waals surface area contributed by atoms with Gasteiger partial charge in [0.15, 0.2) is 0 Å². The van der Waals surface area contributed by atoms with Gasteiger partial charge >= 0.3 is 0 Å². The Morgan fingerprint density at radius 3 is 2.43 bits per heavy atom. The molecule has 3 unspecified atom stereocenters. The maximum absolute atomic E-state index is 12.2. The van der Waals surface area contributed by atoms with Crippen LogP contribution in [-0.2, 0) is 4.79 Å². The minimum atomic E-state index is 0.386. The van der Waals surface area contributed by atoms with Crippen LogP contribution in [0.5, 0.6) is 0 Å². The lowest BCUT2D eigenvalue weighted by Gasteiger charge is -2.21. The normalized spacial score (nSPS) is 42.1. The summed E-state index contributed by atoms with van der Waals surface area (Å²) in [7, 11) is 0. The Labute approximate surface area is 85.4 Å². The lowest BCUT2D eigenvalue weighted by molar-refractivity contribution is -0.127. The first-order valence-corrected chi connectivity index (χ1v) is 6.14. The molecule has 2 nitrogen and oxygen atoms in total. The highest BCUT2D eigenvalue weighted by atomic mass is 16.1. The molecular formula is C12H19NO. The van der Waals surface area contributed by atoms with Gasteiger partial charge in [-0.25, -0.2) is 0 Å². The molecule has 0 aromatic heterocycles. The number of ketones is 1. The van der Waals surface area contributed by atoms with E-state index in [0.29, 0.717) is 29.7 Å². The van der Waals surface area contributed by atoms with Gasteiger partial charge in [-0.2, -0.15) is 0 Å². The van der Waals surface area contributed by atoms with Gasteiger partial charge in [0.1, 0.15) is 5.78 Å². The highest BCUT2D eigenvalue weighted by Gasteiger charge is 2.44. The average molecular weight is 193 g/mol. The maximum atomic E-state index is 12.2. The fourth-order valence-corrected chi connectivity index (χ4v) is 3.65. The molecule has 3 fully saturated rings. The Balaban J connectivity index is 1.67. The second-order valence-corrected chi connectivity index (χ2v) is 5.27. The first-order chi connectivity index (χ1) is 6.84. The summed E-state index contributed by atoms with van der Waals surface area (Å²) in [6.07, 6.45) is 8.60. The zero-order valence-electron chi connectivity index (χ0n) is 8.67. The molecule has 3 rings (SSSR count). The molecule has 3 atom stereocenters. The van der Waals surface area contributed by atoms with E-state index in [2.05, 4.69) is 5.32 Å². The van der Waals surface area contributed by atoms with Crippen LogP contribution in [0.4, 0.5) is 0 Å². The number of hydrogen-bond acceptors (Lipinski definition) is 2. The third-order valence-corrected chi connectivity index (χ3v) is 4.42. The van der Waals surface area contributed by atoms with Crippen molar-refractivity contribution in [3.05, 3.63) is 0 Å². The Kier molecular flexibility index (Phi) is 2.12. The van der Waals surface area contributed by atoms with Gasteiger partial charge in [0.2, 0.25) is 0 Å². The molecule has 78 valence electrons. The summed E-state index contributed by atoms with van der Waals surface area (Å²) < 4.78 is 0. The second-order valence-electron chi connectivity index (χ2n) is 5.27. The number of Topliss-reactive ketones (excluding diaryl/α,β-unsaturated/α-hetero) is 1. The van der Waals surface area contributed by atoms with Crippen molar-refractivity contribution in [3.8, 4) is 0 Å². The van der Waals surface area contributed by atoms with Gasteiger partial charge in [0.05, 0.1) is 0 Å². The Hall–Kier alpha value is -0.370. The van der Waals surface area contributed by atoms with Crippen LogP contribution in [0.1, 0.15) is 44.9 Å². The predicted molar refractivity (Wildman–Crippen MR) is 55.0 cm³/mol. The average Bonchev–Trinajstić information content (AvgIpc) is 2.93. The van der Waals surface area contributed by atoms with Crippen LogP contribution in [0.15, 0.2) is 0 Å². The first kappa shape index (κ1) is 8.90. The number of carbonyl (C=O) groups excluding carboxylic acids is 1. The zero-order valence-corrected chi connectivity index (χ0v) is 8.67. The molecule has 2 heteroatoms. The lowest BCUT2D eigenvalue weighted by atomic mass is 9.81. The van der Waals surface area contributed by atoms with Crippen LogP contribution in [0, 0.1) is 11.8 Å². The van der Waals surface area contributed by atoms with Crippen molar-refractivity contribution in [2.75, 3.05) is 0 Å². The summed E-state index contributed by atoms with van der Waals surface area (Å²) in [5, 5.41) is 3.56. The van der Waals surface area contributed by atoms with E-state index in [1.165, 1.54) is 38.5 Å². The van der Waals surface area contributed by atoms with Gasteiger partial charge in [0.25, 0.3) is 0 Å². The SMILES string of the molecule is O=C(C1CCCC1)C1CC2CCC1N2. The van der Waals surface area contributed by atoms with Gasteiger partial charge in [0, 0.05) is 23.9 Å². The molecule has 0 spiro atoms. The summed E-state index contributed by atoms with van der Waals surface area (Å²) in [5.41, 5.74) is 0. The molecule has 3 aliphatic rings. The quantitative estimate of drug-likeness (QED) is 0.725. The van der Waals surface area contributed by atoms with E-state index in [1.807, 2.05) is 0 Å². The van der Waals surface area contributed by atoms with E-state index < -0.39 is 0 Å². The Bertz CT molecular complexity index is 245. The van der Waals surface area contributed by atoms with Crippen LogP contribution >= 0.6 is 0 Å². The monoisotopic (exact) mass is 193 g/mol. The number of carbonyl (C=O) groups is 1. The number of fused-ring (bicyclic) bond motifs is 2. The Morgan fingerprint density at radius 1 is 1.07 bits per heavy atom. The predicted octanol–water partition coefficient (Wildman–Crippen LogP) is 1.89. The molecule has 2 heterocycles. The van der Waals surface area contributed by atoms with Crippen molar-refractivity contribution in [2.45, 2.75) is 57.0 Å². The maximum Gasteiger partial charge on any atom is 0.140 e. The van der Waals surface area contributed by atoms with Crippen LogP contribution in [0.3, 0.4) is 0 Å². The molecule has 2 bridgehead atoms. The van der Waals surface area contributed by atoms with Crippen molar-refractivity contribution < 1.29 is 4.79 Å². The van der Waals surface area contributed by atoms with Crippen LogP contribution in [0.2, 0.25) is 0 Å². The summed E-state index contributed by atoms with van der Waals surface area (Å²) >= 11 is 0. The molecule has 0 radical (unpaired) electrons. The molecule has 1 aliphatic carbocycles. The van der Waals surface area contributed by atoms with Crippen LogP contribution in [0.25, 0.3) is 0 Å².